The SMILES string of the molecule is COc1ccc(F)cc1C(=O)NCc1ccc2[nH]c(=O)[nH]c2c1. The predicted molar refractivity (Wildman–Crippen MR) is 83.0 cm³/mol. The summed E-state index contributed by atoms with van der Waals surface area (Å²) >= 11 is 0. The number of hydrogen-bond acceptors (Lipinski definition) is 3. The third-order valence-electron chi connectivity index (χ3n) is 3.44. The smallest absolute Gasteiger partial charge is 0.323 e. The summed E-state index contributed by atoms with van der Waals surface area (Å²) in [6.45, 7) is 0.238. The molecule has 3 rings (SSSR count). The quantitative estimate of drug-likeness (QED) is 0.687. The van der Waals surface area contributed by atoms with Gasteiger partial charge in [-0.25, -0.2) is 9.18 Å². The summed E-state index contributed by atoms with van der Waals surface area (Å²) in [4.78, 5) is 28.7. The van der Waals surface area contributed by atoms with Crippen molar-refractivity contribution < 1.29 is 13.9 Å². The van der Waals surface area contributed by atoms with Gasteiger partial charge in [-0.1, -0.05) is 6.07 Å². The van der Waals surface area contributed by atoms with Crippen LogP contribution in [0.1, 0.15) is 15.9 Å². The fourth-order valence-corrected chi connectivity index (χ4v) is 2.32. The van der Waals surface area contributed by atoms with Crippen molar-refractivity contribution >= 4 is 16.9 Å². The molecule has 3 N–H and O–H groups in total. The molecule has 0 aliphatic rings. The van der Waals surface area contributed by atoms with Crippen LogP contribution in [0.15, 0.2) is 41.2 Å². The zero-order chi connectivity index (χ0) is 16.4. The molecule has 0 saturated heterocycles. The highest BCUT2D eigenvalue weighted by Gasteiger charge is 2.13. The lowest BCUT2D eigenvalue weighted by Gasteiger charge is -2.09. The molecule has 0 unspecified atom stereocenters. The summed E-state index contributed by atoms with van der Waals surface area (Å²) in [5.41, 5.74) is 1.99. The first-order valence-corrected chi connectivity index (χ1v) is 6.89. The number of halogens is 1. The fraction of sp³-hybridized carbons (Fsp3) is 0.125. The number of carbonyl (C=O) groups excluding carboxylic acids is 1. The number of H-pyrrole nitrogens is 2. The first-order chi connectivity index (χ1) is 11.1. The van der Waals surface area contributed by atoms with E-state index in [1.54, 1.807) is 18.2 Å². The van der Waals surface area contributed by atoms with Gasteiger partial charge < -0.3 is 20.0 Å². The lowest BCUT2D eigenvalue weighted by Crippen LogP contribution is -2.23. The molecule has 0 radical (unpaired) electrons. The van der Waals surface area contributed by atoms with Crippen LogP contribution in [-0.2, 0) is 6.54 Å². The molecule has 3 aromatic rings. The molecule has 23 heavy (non-hydrogen) atoms. The van der Waals surface area contributed by atoms with Gasteiger partial charge in [-0.05, 0) is 35.9 Å². The number of nitrogens with one attached hydrogen (secondary N) is 3. The number of aromatic amines is 2. The number of ether oxygens (including phenoxy) is 1. The molecule has 0 fully saturated rings. The zero-order valence-electron chi connectivity index (χ0n) is 12.3. The van der Waals surface area contributed by atoms with Crippen molar-refractivity contribution in [1.82, 2.24) is 15.3 Å². The van der Waals surface area contributed by atoms with Gasteiger partial charge in [-0.15, -0.1) is 0 Å². The van der Waals surface area contributed by atoms with Gasteiger partial charge in [-0.3, -0.25) is 4.79 Å². The van der Waals surface area contributed by atoms with Gasteiger partial charge >= 0.3 is 5.69 Å². The van der Waals surface area contributed by atoms with Crippen LogP contribution in [0.5, 0.6) is 5.75 Å². The maximum atomic E-state index is 13.3. The molecule has 0 saturated carbocycles. The van der Waals surface area contributed by atoms with E-state index in [9.17, 15) is 14.0 Å². The van der Waals surface area contributed by atoms with Gasteiger partial charge in [0.05, 0.1) is 23.7 Å². The number of amides is 1. The van der Waals surface area contributed by atoms with E-state index >= 15 is 0 Å². The van der Waals surface area contributed by atoms with Crippen LogP contribution in [0, 0.1) is 5.82 Å². The van der Waals surface area contributed by atoms with E-state index in [1.165, 1.54) is 19.2 Å². The molecular weight excluding hydrogens is 301 g/mol. The minimum Gasteiger partial charge on any atom is -0.496 e. The van der Waals surface area contributed by atoms with Crippen LogP contribution in [0.2, 0.25) is 0 Å². The number of imidazole rings is 1. The Bertz CT molecular complexity index is 930. The van der Waals surface area contributed by atoms with Crippen molar-refractivity contribution in [2.75, 3.05) is 7.11 Å². The number of methoxy groups -OCH3 is 1. The van der Waals surface area contributed by atoms with Gasteiger partial charge in [0.15, 0.2) is 0 Å². The Morgan fingerprint density at radius 1 is 1.17 bits per heavy atom. The minimum atomic E-state index is -0.512. The standard InChI is InChI=1S/C16H14FN3O3/c1-23-14-5-3-10(17)7-11(14)15(21)18-8-9-2-4-12-13(6-9)20-16(22)19-12/h2-7H,8H2,1H3,(H,18,21)(H2,19,20,22). The predicted octanol–water partition coefficient (Wildman–Crippen LogP) is 1.93. The second-order valence-electron chi connectivity index (χ2n) is 4.99. The number of hydrogen-bond donors (Lipinski definition) is 3. The van der Waals surface area contributed by atoms with Crippen LogP contribution < -0.4 is 15.7 Å². The van der Waals surface area contributed by atoms with E-state index in [1.807, 2.05) is 0 Å². The molecule has 2 aromatic carbocycles. The van der Waals surface area contributed by atoms with Crippen LogP contribution in [0.25, 0.3) is 11.0 Å². The first-order valence-electron chi connectivity index (χ1n) is 6.89. The highest BCUT2D eigenvalue weighted by Crippen LogP contribution is 2.19. The van der Waals surface area contributed by atoms with Crippen LogP contribution in [-0.4, -0.2) is 23.0 Å². The molecule has 0 aliphatic carbocycles. The Kier molecular flexibility index (Phi) is 3.84. The number of rotatable bonds is 4. The Balaban J connectivity index is 1.77. The van der Waals surface area contributed by atoms with Crippen molar-refractivity contribution in [2.24, 2.45) is 0 Å². The van der Waals surface area contributed by atoms with E-state index in [4.69, 9.17) is 4.74 Å². The average Bonchev–Trinajstić information content (AvgIpc) is 2.91. The van der Waals surface area contributed by atoms with Crippen molar-refractivity contribution in [3.8, 4) is 5.75 Å². The Morgan fingerprint density at radius 2 is 1.96 bits per heavy atom. The Hall–Kier alpha value is -3.09. The Morgan fingerprint density at radius 3 is 2.74 bits per heavy atom. The van der Waals surface area contributed by atoms with Gasteiger partial charge in [0.25, 0.3) is 5.91 Å². The average molecular weight is 315 g/mol. The number of aromatic nitrogens is 2. The summed E-state index contributed by atoms with van der Waals surface area (Å²) < 4.78 is 18.4. The summed E-state index contributed by atoms with van der Waals surface area (Å²) in [5.74, 6) is -0.652. The van der Waals surface area contributed by atoms with E-state index < -0.39 is 11.7 Å². The van der Waals surface area contributed by atoms with Gasteiger partial charge in [-0.2, -0.15) is 0 Å². The molecule has 7 heteroatoms. The summed E-state index contributed by atoms with van der Waals surface area (Å²) in [6, 6.07) is 9.05. The first kappa shape index (κ1) is 14.8. The second-order valence-corrected chi connectivity index (χ2v) is 4.99. The zero-order valence-corrected chi connectivity index (χ0v) is 12.3. The molecule has 0 aliphatic heterocycles. The van der Waals surface area contributed by atoms with E-state index in [2.05, 4.69) is 15.3 Å². The molecule has 118 valence electrons. The highest BCUT2D eigenvalue weighted by atomic mass is 19.1. The van der Waals surface area contributed by atoms with Crippen molar-refractivity contribution in [2.45, 2.75) is 6.54 Å². The molecule has 1 amide bonds. The number of fused-ring (bicyclic) bond motifs is 1. The second kappa shape index (κ2) is 5.96. The monoisotopic (exact) mass is 315 g/mol. The maximum absolute atomic E-state index is 13.3. The lowest BCUT2D eigenvalue weighted by atomic mass is 10.1. The molecule has 1 aromatic heterocycles. The topological polar surface area (TPSA) is 87.0 Å². The van der Waals surface area contributed by atoms with Gasteiger partial charge in [0.2, 0.25) is 0 Å². The van der Waals surface area contributed by atoms with E-state index in [-0.39, 0.29) is 17.8 Å². The van der Waals surface area contributed by atoms with Gasteiger partial charge in [0.1, 0.15) is 11.6 Å². The van der Waals surface area contributed by atoms with E-state index in [0.29, 0.717) is 16.8 Å². The minimum absolute atomic E-state index is 0.128. The van der Waals surface area contributed by atoms with E-state index in [0.717, 1.165) is 11.6 Å². The largest absolute Gasteiger partial charge is 0.496 e. The van der Waals surface area contributed by atoms with Crippen LogP contribution in [0.4, 0.5) is 4.39 Å². The normalized spacial score (nSPS) is 10.7. The lowest BCUT2D eigenvalue weighted by molar-refractivity contribution is 0.0947. The van der Waals surface area contributed by atoms with Gasteiger partial charge in [0, 0.05) is 6.54 Å². The third-order valence-corrected chi connectivity index (χ3v) is 3.44. The molecule has 0 spiro atoms. The molecular formula is C16H14FN3O3. The van der Waals surface area contributed by atoms with Crippen LogP contribution in [0.3, 0.4) is 0 Å². The number of benzene rings is 2. The van der Waals surface area contributed by atoms with Crippen molar-refractivity contribution in [1.29, 1.82) is 0 Å². The molecule has 0 atom stereocenters. The maximum Gasteiger partial charge on any atom is 0.323 e. The highest BCUT2D eigenvalue weighted by molar-refractivity contribution is 5.96. The summed E-state index contributed by atoms with van der Waals surface area (Å²) in [6.07, 6.45) is 0. The summed E-state index contributed by atoms with van der Waals surface area (Å²) in [5, 5.41) is 2.70. The molecule has 1 heterocycles. The Labute approximate surface area is 130 Å². The molecule has 0 bridgehead atoms. The van der Waals surface area contributed by atoms with Crippen LogP contribution >= 0.6 is 0 Å². The van der Waals surface area contributed by atoms with Crippen molar-refractivity contribution in [3.63, 3.8) is 0 Å². The molecule has 6 nitrogen and oxygen atoms in total. The van der Waals surface area contributed by atoms with Crippen molar-refractivity contribution in [3.05, 3.63) is 63.8 Å². The number of carbonyl (C=O) groups is 1. The summed E-state index contributed by atoms with van der Waals surface area (Å²) in [7, 11) is 1.42. The third kappa shape index (κ3) is 3.08. The fourth-order valence-electron chi connectivity index (χ4n) is 2.32.